The van der Waals surface area contributed by atoms with Crippen molar-refractivity contribution in [2.75, 3.05) is 51.0 Å². The number of pyridine rings is 1. The van der Waals surface area contributed by atoms with Crippen LogP contribution < -0.4 is 14.4 Å². The molecule has 1 aliphatic rings. The number of hydrogen-bond donors (Lipinski definition) is 0. The molecule has 0 N–H and O–H groups in total. The van der Waals surface area contributed by atoms with Gasteiger partial charge in [-0.05, 0) is 67.6 Å². The number of benzene rings is 2. The summed E-state index contributed by atoms with van der Waals surface area (Å²) in [6, 6.07) is 18.7. The van der Waals surface area contributed by atoms with Crippen molar-refractivity contribution < 1.29 is 19.0 Å². The molecule has 0 saturated carbocycles. The molecule has 0 atom stereocenters. The van der Waals surface area contributed by atoms with Crippen LogP contribution in [0.4, 0.5) is 5.69 Å². The normalized spacial score (nSPS) is 13.6. The van der Waals surface area contributed by atoms with Crippen LogP contribution in [0.15, 0.2) is 60.0 Å². The van der Waals surface area contributed by atoms with Gasteiger partial charge in [0.2, 0.25) is 12.7 Å². The molecule has 0 spiro atoms. The van der Waals surface area contributed by atoms with E-state index in [0.29, 0.717) is 18.9 Å². The summed E-state index contributed by atoms with van der Waals surface area (Å²) in [7, 11) is 0. The highest BCUT2D eigenvalue weighted by atomic mass is 32.1. The first-order chi connectivity index (χ1) is 25.2. The number of anilines is 1. The topological polar surface area (TPSA) is 64.1 Å². The zero-order chi connectivity index (χ0) is 35.4. The molecular weight excluding hydrogens is 655 g/mol. The molecule has 4 aromatic rings. The molecule has 0 unspecified atom stereocenters. The van der Waals surface area contributed by atoms with Gasteiger partial charge in [0.15, 0.2) is 0 Å². The van der Waals surface area contributed by atoms with Gasteiger partial charge in [0.25, 0.3) is 0 Å². The zero-order valence-electron chi connectivity index (χ0n) is 31.1. The van der Waals surface area contributed by atoms with Crippen LogP contribution >= 0.6 is 11.3 Å². The van der Waals surface area contributed by atoms with Gasteiger partial charge in [-0.15, -0.1) is 11.3 Å². The first-order valence-electron chi connectivity index (χ1n) is 19.9. The fourth-order valence-corrected chi connectivity index (χ4v) is 7.84. The highest BCUT2D eigenvalue weighted by Gasteiger charge is 2.18. The number of piperazine rings is 1. The van der Waals surface area contributed by atoms with E-state index in [1.807, 2.05) is 41.7 Å². The van der Waals surface area contributed by atoms with E-state index < -0.39 is 0 Å². The van der Waals surface area contributed by atoms with Crippen LogP contribution in [0.1, 0.15) is 116 Å². The van der Waals surface area contributed by atoms with Crippen LogP contribution in [0.2, 0.25) is 0 Å². The Labute approximate surface area is 310 Å². The lowest BCUT2D eigenvalue weighted by Gasteiger charge is -2.36. The molecule has 1 saturated heterocycles. The van der Waals surface area contributed by atoms with E-state index in [0.717, 1.165) is 75.1 Å². The third-order valence-corrected chi connectivity index (χ3v) is 11.0. The highest BCUT2D eigenvalue weighted by molar-refractivity contribution is 7.17. The molecule has 3 heterocycles. The number of fused-ring (bicyclic) bond motifs is 2. The third kappa shape index (κ3) is 13.6. The average molecular weight is 716 g/mol. The summed E-state index contributed by atoms with van der Waals surface area (Å²) in [5.74, 6) is 1.04. The molecule has 0 amide bonds. The molecule has 1 aliphatic heterocycles. The number of nitrogens with zero attached hydrogens (tertiary/aromatic N) is 3. The first-order valence-corrected chi connectivity index (χ1v) is 20.8. The Bertz CT molecular complexity index is 1570. The summed E-state index contributed by atoms with van der Waals surface area (Å²) >= 11 is 1.82. The second-order valence-corrected chi connectivity index (χ2v) is 15.1. The van der Waals surface area contributed by atoms with E-state index in [4.69, 9.17) is 14.2 Å². The first kappa shape index (κ1) is 38.9. The van der Waals surface area contributed by atoms with Crippen LogP contribution in [-0.2, 0) is 9.53 Å². The molecule has 1 fully saturated rings. The van der Waals surface area contributed by atoms with Crippen molar-refractivity contribution in [3.8, 4) is 11.6 Å². The van der Waals surface area contributed by atoms with Gasteiger partial charge in [-0.25, -0.2) is 4.98 Å². The molecule has 8 heteroatoms. The number of thiophene rings is 1. The lowest BCUT2D eigenvalue weighted by molar-refractivity contribution is -0.150. The predicted octanol–water partition coefficient (Wildman–Crippen LogP) is 11.2. The fourth-order valence-electron chi connectivity index (χ4n) is 7.03. The molecule has 51 heavy (non-hydrogen) atoms. The number of carbonyl (C=O) groups excluding carboxylic acids is 1. The van der Waals surface area contributed by atoms with Crippen molar-refractivity contribution in [3.05, 3.63) is 60.0 Å². The van der Waals surface area contributed by atoms with E-state index in [-0.39, 0.29) is 12.8 Å². The quantitative estimate of drug-likeness (QED) is 0.0384. The van der Waals surface area contributed by atoms with Crippen LogP contribution in [-0.4, -0.2) is 62.0 Å². The summed E-state index contributed by atoms with van der Waals surface area (Å²) in [5.41, 5.74) is 2.18. The van der Waals surface area contributed by atoms with Crippen molar-refractivity contribution >= 4 is 44.0 Å². The summed E-state index contributed by atoms with van der Waals surface area (Å²) < 4.78 is 18.4. The minimum absolute atomic E-state index is 0.119. The molecular formula is C43H61N3O4S. The van der Waals surface area contributed by atoms with Gasteiger partial charge in [-0.2, -0.15) is 0 Å². The maximum Gasteiger partial charge on any atom is 0.308 e. The minimum atomic E-state index is -0.209. The number of aromatic nitrogens is 1. The highest BCUT2D eigenvalue weighted by Crippen LogP contribution is 2.31. The minimum Gasteiger partial charge on any atom is -0.494 e. The smallest absolute Gasteiger partial charge is 0.308 e. The third-order valence-electron chi connectivity index (χ3n) is 10.1. The number of hydrogen-bond acceptors (Lipinski definition) is 8. The Balaban J connectivity index is 0.880. The fraction of sp³-hybridized carbons (Fsp3) is 0.581. The second-order valence-electron chi connectivity index (χ2n) is 14.1. The van der Waals surface area contributed by atoms with E-state index in [1.54, 1.807) is 0 Å². The molecule has 5 rings (SSSR count). The van der Waals surface area contributed by atoms with Crippen LogP contribution in [0.5, 0.6) is 11.6 Å². The summed E-state index contributed by atoms with van der Waals surface area (Å²) in [6.45, 7) is 8.28. The molecule has 278 valence electrons. The summed E-state index contributed by atoms with van der Waals surface area (Å²) in [5, 5.41) is 4.58. The van der Waals surface area contributed by atoms with Crippen LogP contribution in [0.25, 0.3) is 21.0 Å². The average Bonchev–Trinajstić information content (AvgIpc) is 3.64. The van der Waals surface area contributed by atoms with Crippen molar-refractivity contribution in [1.29, 1.82) is 0 Å². The number of ether oxygens (including phenoxy) is 3. The Hall–Kier alpha value is -3.36. The van der Waals surface area contributed by atoms with E-state index in [1.165, 1.54) is 92.8 Å². The standard InChI is InChI=1S/C43H61N3O4S/c1-2-3-4-5-6-7-8-9-10-11-12-13-14-15-21-43(47)50-35-49-42-25-23-36-22-24-37(34-39(36)44-42)48-32-17-16-27-45-28-30-46(31-29-45)40-19-18-20-41-38(40)26-33-51-41/h18-20,22-26,33-34H,2-17,21,27-32,35H2,1H3. The van der Waals surface area contributed by atoms with Gasteiger partial charge in [0.05, 0.1) is 12.1 Å². The van der Waals surface area contributed by atoms with Crippen molar-refractivity contribution in [1.82, 2.24) is 9.88 Å². The lowest BCUT2D eigenvalue weighted by Crippen LogP contribution is -2.46. The van der Waals surface area contributed by atoms with Gasteiger partial charge in [-0.1, -0.05) is 96.5 Å². The van der Waals surface area contributed by atoms with Gasteiger partial charge < -0.3 is 19.1 Å². The Morgan fingerprint density at radius 2 is 1.45 bits per heavy atom. The van der Waals surface area contributed by atoms with E-state index >= 15 is 0 Å². The van der Waals surface area contributed by atoms with Gasteiger partial charge >= 0.3 is 5.97 Å². The molecule has 7 nitrogen and oxygen atoms in total. The predicted molar refractivity (Wildman–Crippen MR) is 213 cm³/mol. The second kappa shape index (κ2) is 22.5. The Morgan fingerprint density at radius 1 is 0.745 bits per heavy atom. The largest absolute Gasteiger partial charge is 0.494 e. The molecule has 0 bridgehead atoms. The van der Waals surface area contributed by atoms with Crippen LogP contribution in [0.3, 0.4) is 0 Å². The summed E-state index contributed by atoms with van der Waals surface area (Å²) in [6.07, 6.45) is 20.7. The number of carbonyl (C=O) groups is 1. The van der Waals surface area contributed by atoms with Gasteiger partial charge in [0.1, 0.15) is 5.75 Å². The van der Waals surface area contributed by atoms with Crippen LogP contribution in [0, 0.1) is 0 Å². The molecule has 2 aromatic heterocycles. The monoisotopic (exact) mass is 715 g/mol. The Kier molecular flexibility index (Phi) is 17.2. The molecule has 2 aromatic carbocycles. The SMILES string of the molecule is CCCCCCCCCCCCCCCCC(=O)OCOc1ccc2ccc(OCCCCN3CCN(c4cccc5sccc45)CC3)cc2n1. The van der Waals surface area contributed by atoms with E-state index in [9.17, 15) is 4.79 Å². The van der Waals surface area contributed by atoms with E-state index in [2.05, 4.69) is 51.4 Å². The van der Waals surface area contributed by atoms with Gasteiger partial charge in [0, 0.05) is 65.9 Å². The number of unbranched alkanes of at least 4 members (excludes halogenated alkanes) is 14. The number of rotatable bonds is 25. The Morgan fingerprint density at radius 3 is 2.20 bits per heavy atom. The molecule has 0 aliphatic carbocycles. The maximum absolute atomic E-state index is 12.2. The lowest BCUT2D eigenvalue weighted by atomic mass is 10.0. The zero-order valence-corrected chi connectivity index (χ0v) is 31.9. The summed E-state index contributed by atoms with van der Waals surface area (Å²) in [4.78, 5) is 21.9. The molecule has 0 radical (unpaired) electrons. The van der Waals surface area contributed by atoms with Crippen molar-refractivity contribution in [2.45, 2.75) is 116 Å². The van der Waals surface area contributed by atoms with Gasteiger partial charge in [-0.3, -0.25) is 9.69 Å². The van der Waals surface area contributed by atoms with Crippen molar-refractivity contribution in [3.63, 3.8) is 0 Å². The number of esters is 1. The maximum atomic E-state index is 12.2. The van der Waals surface area contributed by atoms with Crippen molar-refractivity contribution in [2.24, 2.45) is 0 Å².